The number of hydrogen-bond donors (Lipinski definition) is 1. The molecule has 0 aromatic heterocycles. The normalized spacial score (nSPS) is 24.3. The molecule has 2 amide bonds. The number of hydrogen-bond acceptors (Lipinski definition) is 3. The smallest absolute Gasteiger partial charge is 0.308 e. The molecule has 122 valence electrons. The van der Waals surface area contributed by atoms with E-state index >= 15 is 0 Å². The van der Waals surface area contributed by atoms with Crippen LogP contribution in [0.25, 0.3) is 0 Å². The van der Waals surface area contributed by atoms with Crippen molar-refractivity contribution in [3.63, 3.8) is 0 Å². The van der Waals surface area contributed by atoms with Gasteiger partial charge in [-0.1, -0.05) is 11.6 Å². The summed E-state index contributed by atoms with van der Waals surface area (Å²) < 4.78 is 0. The molecule has 0 aliphatic carbocycles. The van der Waals surface area contributed by atoms with Gasteiger partial charge in [0.25, 0.3) is 0 Å². The van der Waals surface area contributed by atoms with Crippen LogP contribution in [0.3, 0.4) is 0 Å². The molecule has 3 rings (SSSR count). The van der Waals surface area contributed by atoms with E-state index in [1.165, 1.54) is 4.90 Å². The van der Waals surface area contributed by atoms with Crippen molar-refractivity contribution in [2.24, 2.45) is 11.8 Å². The molecule has 0 saturated carbocycles. The number of amides is 2. The monoisotopic (exact) mass is 336 g/mol. The van der Waals surface area contributed by atoms with Gasteiger partial charge in [0.15, 0.2) is 0 Å². The zero-order valence-electron chi connectivity index (χ0n) is 12.4. The van der Waals surface area contributed by atoms with Crippen molar-refractivity contribution < 1.29 is 19.5 Å². The summed E-state index contributed by atoms with van der Waals surface area (Å²) in [6.45, 7) is 1.08. The maximum absolute atomic E-state index is 12.5. The predicted molar refractivity (Wildman–Crippen MR) is 84.2 cm³/mol. The second kappa shape index (κ2) is 6.20. The lowest BCUT2D eigenvalue weighted by Gasteiger charge is -2.20. The topological polar surface area (TPSA) is 77.9 Å². The number of benzene rings is 1. The van der Waals surface area contributed by atoms with Crippen LogP contribution in [0, 0.1) is 11.8 Å². The molecule has 0 unspecified atom stereocenters. The van der Waals surface area contributed by atoms with E-state index in [-0.39, 0.29) is 18.4 Å². The molecule has 1 N–H and O–H groups in total. The molecule has 2 saturated heterocycles. The average Bonchev–Trinajstić information content (AvgIpc) is 3.15. The van der Waals surface area contributed by atoms with Crippen LogP contribution in [-0.2, 0) is 14.4 Å². The minimum atomic E-state index is -0.888. The molecule has 0 spiro atoms. The molecular formula is C16H17ClN2O4. The Morgan fingerprint density at radius 1 is 1.13 bits per heavy atom. The summed E-state index contributed by atoms with van der Waals surface area (Å²) in [5, 5.41) is 9.61. The highest BCUT2D eigenvalue weighted by atomic mass is 35.5. The first-order valence-corrected chi connectivity index (χ1v) is 7.93. The fourth-order valence-corrected chi connectivity index (χ4v) is 3.29. The Labute approximate surface area is 138 Å². The molecular weight excluding hydrogens is 320 g/mol. The molecule has 2 aliphatic heterocycles. The average molecular weight is 337 g/mol. The Balaban J connectivity index is 1.68. The first kappa shape index (κ1) is 15.8. The minimum Gasteiger partial charge on any atom is -0.481 e. The zero-order chi connectivity index (χ0) is 16.6. The van der Waals surface area contributed by atoms with Gasteiger partial charge in [0, 0.05) is 30.3 Å². The number of anilines is 1. The van der Waals surface area contributed by atoms with Crippen molar-refractivity contribution in [2.75, 3.05) is 24.5 Å². The largest absolute Gasteiger partial charge is 0.481 e. The van der Waals surface area contributed by atoms with E-state index in [1.807, 2.05) is 0 Å². The number of carbonyl (C=O) groups excluding carboxylic acids is 2. The number of rotatable bonds is 3. The number of nitrogens with zero attached hydrogens (tertiary/aromatic N) is 2. The fourth-order valence-electron chi connectivity index (χ4n) is 3.17. The summed E-state index contributed by atoms with van der Waals surface area (Å²) in [5.41, 5.74) is 0.722. The van der Waals surface area contributed by atoms with Gasteiger partial charge in [-0.25, -0.2) is 0 Å². The van der Waals surface area contributed by atoms with Crippen LogP contribution in [-0.4, -0.2) is 47.4 Å². The van der Waals surface area contributed by atoms with E-state index in [1.54, 1.807) is 29.2 Å². The SMILES string of the molecule is O=C(O)[C@H]1CCN(C(=O)[C@@H]2CCN(c3ccc(Cl)cc3)C2=O)C1. The van der Waals surface area contributed by atoms with E-state index < -0.39 is 17.8 Å². The summed E-state index contributed by atoms with van der Waals surface area (Å²) in [6, 6.07) is 6.92. The third-order valence-corrected chi connectivity index (χ3v) is 4.74. The van der Waals surface area contributed by atoms with Crippen molar-refractivity contribution >= 4 is 35.1 Å². The van der Waals surface area contributed by atoms with Crippen molar-refractivity contribution in [2.45, 2.75) is 12.8 Å². The third-order valence-electron chi connectivity index (χ3n) is 4.49. The summed E-state index contributed by atoms with van der Waals surface area (Å²) >= 11 is 5.85. The molecule has 0 radical (unpaired) electrons. The first-order valence-electron chi connectivity index (χ1n) is 7.56. The van der Waals surface area contributed by atoms with Crippen LogP contribution >= 0.6 is 11.6 Å². The highest BCUT2D eigenvalue weighted by Gasteiger charge is 2.42. The Hall–Kier alpha value is -2.08. The zero-order valence-corrected chi connectivity index (χ0v) is 13.2. The summed E-state index contributed by atoms with van der Waals surface area (Å²) in [7, 11) is 0. The van der Waals surface area contributed by atoms with Crippen molar-refractivity contribution in [1.29, 1.82) is 0 Å². The van der Waals surface area contributed by atoms with Gasteiger partial charge in [-0.3, -0.25) is 14.4 Å². The molecule has 1 aromatic rings. The summed E-state index contributed by atoms with van der Waals surface area (Å²) in [6.07, 6.45) is 0.900. The van der Waals surface area contributed by atoms with Gasteiger partial charge in [-0.2, -0.15) is 0 Å². The summed E-state index contributed by atoms with van der Waals surface area (Å²) in [5.74, 6) is -2.60. The maximum atomic E-state index is 12.5. The van der Waals surface area contributed by atoms with E-state index in [4.69, 9.17) is 16.7 Å². The Morgan fingerprint density at radius 2 is 1.83 bits per heavy atom. The van der Waals surface area contributed by atoms with Gasteiger partial charge in [0.1, 0.15) is 5.92 Å². The molecule has 2 aliphatic rings. The number of likely N-dealkylation sites (tertiary alicyclic amines) is 1. The quantitative estimate of drug-likeness (QED) is 0.851. The lowest BCUT2D eigenvalue weighted by molar-refractivity contribution is -0.142. The lowest BCUT2D eigenvalue weighted by atomic mass is 10.1. The van der Waals surface area contributed by atoms with Crippen LogP contribution in [0.15, 0.2) is 24.3 Å². The molecule has 2 heterocycles. The molecule has 2 fully saturated rings. The van der Waals surface area contributed by atoms with Crippen LogP contribution in [0.4, 0.5) is 5.69 Å². The highest BCUT2D eigenvalue weighted by molar-refractivity contribution is 6.30. The second-order valence-electron chi connectivity index (χ2n) is 5.92. The summed E-state index contributed by atoms with van der Waals surface area (Å²) in [4.78, 5) is 39.1. The number of carbonyl (C=O) groups is 3. The van der Waals surface area contributed by atoms with Crippen LogP contribution in [0.2, 0.25) is 5.02 Å². The minimum absolute atomic E-state index is 0.193. The van der Waals surface area contributed by atoms with Crippen LogP contribution in [0.1, 0.15) is 12.8 Å². The van der Waals surface area contributed by atoms with Crippen molar-refractivity contribution in [1.82, 2.24) is 4.90 Å². The Morgan fingerprint density at radius 3 is 2.43 bits per heavy atom. The number of carboxylic acids is 1. The van der Waals surface area contributed by atoms with E-state index in [0.29, 0.717) is 31.0 Å². The van der Waals surface area contributed by atoms with E-state index in [2.05, 4.69) is 0 Å². The molecule has 1 aromatic carbocycles. The fraction of sp³-hybridized carbons (Fsp3) is 0.438. The molecule has 2 atom stereocenters. The molecule has 6 nitrogen and oxygen atoms in total. The van der Waals surface area contributed by atoms with Gasteiger partial charge in [-0.05, 0) is 37.1 Å². The van der Waals surface area contributed by atoms with Crippen molar-refractivity contribution in [3.05, 3.63) is 29.3 Å². The van der Waals surface area contributed by atoms with Gasteiger partial charge in [0.2, 0.25) is 11.8 Å². The molecule has 0 bridgehead atoms. The number of aliphatic carboxylic acids is 1. The third kappa shape index (κ3) is 3.03. The van der Waals surface area contributed by atoms with Gasteiger partial charge >= 0.3 is 5.97 Å². The van der Waals surface area contributed by atoms with Gasteiger partial charge < -0.3 is 14.9 Å². The van der Waals surface area contributed by atoms with Crippen LogP contribution in [0.5, 0.6) is 0 Å². The van der Waals surface area contributed by atoms with Crippen LogP contribution < -0.4 is 4.90 Å². The van der Waals surface area contributed by atoms with E-state index in [9.17, 15) is 14.4 Å². The second-order valence-corrected chi connectivity index (χ2v) is 6.35. The Bertz CT molecular complexity index is 646. The number of carboxylic acid groups (broad SMARTS) is 1. The van der Waals surface area contributed by atoms with E-state index in [0.717, 1.165) is 5.69 Å². The maximum Gasteiger partial charge on any atom is 0.308 e. The van der Waals surface area contributed by atoms with Crippen molar-refractivity contribution in [3.8, 4) is 0 Å². The van der Waals surface area contributed by atoms with Gasteiger partial charge in [-0.15, -0.1) is 0 Å². The molecule has 7 heteroatoms. The first-order chi connectivity index (χ1) is 11.0. The Kier molecular flexibility index (Phi) is 4.26. The predicted octanol–water partition coefficient (Wildman–Crippen LogP) is 1.63. The number of halogens is 1. The lowest BCUT2D eigenvalue weighted by Crippen LogP contribution is -2.39. The van der Waals surface area contributed by atoms with Gasteiger partial charge in [0.05, 0.1) is 5.92 Å². The standard InChI is InChI=1S/C16H17ClN2O4/c17-11-1-3-12(4-2-11)19-8-6-13(15(19)21)14(20)18-7-5-10(9-18)16(22)23/h1-4,10,13H,5-9H2,(H,22,23)/t10-,13-/m0/s1. The highest BCUT2D eigenvalue weighted by Crippen LogP contribution is 2.29. The molecule has 23 heavy (non-hydrogen) atoms.